The molecular weight excluding hydrogens is 504 g/mol. The van der Waals surface area contributed by atoms with Crippen LogP contribution in [0.4, 0.5) is 17.1 Å². The van der Waals surface area contributed by atoms with Crippen LogP contribution in [0.3, 0.4) is 0 Å². The predicted molar refractivity (Wildman–Crippen MR) is 156 cm³/mol. The number of nitro benzene ring substituents is 1. The Bertz CT molecular complexity index is 1590. The third-order valence-electron chi connectivity index (χ3n) is 7.32. The Balaban J connectivity index is 1.36. The summed E-state index contributed by atoms with van der Waals surface area (Å²) in [6.45, 7) is 3.11. The zero-order valence-electron chi connectivity index (χ0n) is 21.8. The molecule has 6 rings (SSSR count). The maximum atomic E-state index is 13.3. The van der Waals surface area contributed by atoms with Gasteiger partial charge in [0, 0.05) is 29.9 Å². The maximum absolute atomic E-state index is 13.3. The largest absolute Gasteiger partial charge is 0.345 e. The van der Waals surface area contributed by atoms with Gasteiger partial charge in [0.1, 0.15) is 5.92 Å². The van der Waals surface area contributed by atoms with Crippen molar-refractivity contribution in [1.29, 1.82) is 0 Å². The highest BCUT2D eigenvalue weighted by molar-refractivity contribution is 6.24. The van der Waals surface area contributed by atoms with Crippen molar-refractivity contribution in [3.05, 3.63) is 117 Å². The quantitative estimate of drug-likeness (QED) is 0.165. The number of amides is 1. The number of nitrogens with one attached hydrogen (secondary N) is 2. The standard InChI is InChI=1S/C31H28N6O3/c38-31-29(27-17-26(37(39)40)13-14-28(27)35-31)30(23-8-3-22(4-9-23)19-36-15-1-2-16-36)34-24-10-5-21(6-11-24)7-12-25-18-32-20-33-25/h3-14,17-18,20,29H,1-2,15-16,19H2,(H,32,33)(H,35,38). The number of aromatic nitrogens is 2. The van der Waals surface area contributed by atoms with E-state index in [-0.39, 0.29) is 11.6 Å². The first-order valence-electron chi connectivity index (χ1n) is 13.3. The van der Waals surface area contributed by atoms with E-state index in [1.807, 2.05) is 48.6 Å². The molecule has 2 aliphatic heterocycles. The number of aromatic amines is 1. The number of non-ortho nitro benzene ring substituents is 1. The fourth-order valence-electron chi connectivity index (χ4n) is 5.25. The summed E-state index contributed by atoms with van der Waals surface area (Å²) in [6, 6.07) is 20.3. The minimum absolute atomic E-state index is 0.0611. The number of benzene rings is 3. The van der Waals surface area contributed by atoms with E-state index in [2.05, 4.69) is 32.3 Å². The zero-order chi connectivity index (χ0) is 27.5. The van der Waals surface area contributed by atoms with Crippen molar-refractivity contribution in [3.8, 4) is 0 Å². The topological polar surface area (TPSA) is 117 Å². The lowest BCUT2D eigenvalue weighted by Crippen LogP contribution is -2.22. The molecule has 1 atom stereocenters. The lowest BCUT2D eigenvalue weighted by atomic mass is 9.90. The average molecular weight is 533 g/mol. The van der Waals surface area contributed by atoms with Crippen LogP contribution in [-0.4, -0.2) is 44.5 Å². The molecule has 0 radical (unpaired) electrons. The highest BCUT2D eigenvalue weighted by Crippen LogP contribution is 2.38. The molecule has 1 fully saturated rings. The van der Waals surface area contributed by atoms with Crippen LogP contribution in [-0.2, 0) is 11.3 Å². The Morgan fingerprint density at radius 3 is 2.52 bits per heavy atom. The molecule has 2 aliphatic rings. The van der Waals surface area contributed by atoms with Crippen molar-refractivity contribution in [1.82, 2.24) is 14.9 Å². The number of nitrogens with zero attached hydrogens (tertiary/aromatic N) is 4. The van der Waals surface area contributed by atoms with E-state index in [0.29, 0.717) is 22.6 Å². The van der Waals surface area contributed by atoms with Gasteiger partial charge >= 0.3 is 0 Å². The predicted octanol–water partition coefficient (Wildman–Crippen LogP) is 5.94. The molecule has 40 heavy (non-hydrogen) atoms. The third kappa shape index (κ3) is 5.45. The van der Waals surface area contributed by atoms with Gasteiger partial charge < -0.3 is 10.3 Å². The van der Waals surface area contributed by atoms with Crippen LogP contribution < -0.4 is 5.32 Å². The number of aliphatic imine (C=N–C) groups is 1. The van der Waals surface area contributed by atoms with Gasteiger partial charge in [0.25, 0.3) is 5.69 Å². The van der Waals surface area contributed by atoms with Gasteiger partial charge in [-0.3, -0.25) is 24.8 Å². The highest BCUT2D eigenvalue weighted by Gasteiger charge is 2.36. The fourth-order valence-corrected chi connectivity index (χ4v) is 5.25. The van der Waals surface area contributed by atoms with Gasteiger partial charge in [-0.2, -0.15) is 0 Å². The SMILES string of the molecule is O=C1Nc2ccc([N+](=O)[O-])cc2C1C(=Nc1ccc(C=Cc2cnc[nH]2)cc1)c1ccc(CN2CCCC2)cc1. The summed E-state index contributed by atoms with van der Waals surface area (Å²) >= 11 is 0. The van der Waals surface area contributed by atoms with Crippen molar-refractivity contribution >= 4 is 40.8 Å². The molecule has 9 nitrogen and oxygen atoms in total. The first kappa shape index (κ1) is 25.4. The number of carbonyl (C=O) groups excluding carboxylic acids is 1. The number of rotatable bonds is 8. The van der Waals surface area contributed by atoms with Crippen LogP contribution in [0.25, 0.3) is 12.2 Å². The van der Waals surface area contributed by atoms with Crippen molar-refractivity contribution in [3.63, 3.8) is 0 Å². The van der Waals surface area contributed by atoms with Crippen molar-refractivity contribution in [2.75, 3.05) is 18.4 Å². The molecule has 1 unspecified atom stereocenters. The number of fused-ring (bicyclic) bond motifs is 1. The first-order valence-corrected chi connectivity index (χ1v) is 13.3. The highest BCUT2D eigenvalue weighted by atomic mass is 16.6. The number of carbonyl (C=O) groups is 1. The number of imidazole rings is 1. The summed E-state index contributed by atoms with van der Waals surface area (Å²) in [5.41, 5.74) is 6.17. The summed E-state index contributed by atoms with van der Waals surface area (Å²) in [4.78, 5) is 38.8. The van der Waals surface area contributed by atoms with Crippen molar-refractivity contribution in [2.45, 2.75) is 25.3 Å². The minimum atomic E-state index is -0.778. The van der Waals surface area contributed by atoms with Gasteiger partial charge in [-0.05, 0) is 66.9 Å². The summed E-state index contributed by atoms with van der Waals surface area (Å²) in [7, 11) is 0. The Kier molecular flexibility index (Phi) is 7.03. The molecular formula is C31H28N6O3. The van der Waals surface area contributed by atoms with Crippen molar-refractivity contribution < 1.29 is 9.72 Å². The van der Waals surface area contributed by atoms with E-state index in [9.17, 15) is 14.9 Å². The Morgan fingerprint density at radius 1 is 1.05 bits per heavy atom. The summed E-state index contributed by atoms with van der Waals surface area (Å²) in [5, 5.41) is 14.4. The molecule has 9 heteroatoms. The lowest BCUT2D eigenvalue weighted by Gasteiger charge is -2.17. The molecule has 200 valence electrons. The molecule has 0 spiro atoms. The van der Waals surface area contributed by atoms with E-state index in [1.165, 1.54) is 30.5 Å². The van der Waals surface area contributed by atoms with Gasteiger partial charge in [-0.15, -0.1) is 0 Å². The molecule has 0 saturated carbocycles. The number of nitro groups is 1. The smallest absolute Gasteiger partial charge is 0.269 e. The average Bonchev–Trinajstić information content (AvgIpc) is 3.73. The maximum Gasteiger partial charge on any atom is 0.269 e. The van der Waals surface area contributed by atoms with E-state index >= 15 is 0 Å². The van der Waals surface area contributed by atoms with E-state index in [1.54, 1.807) is 18.6 Å². The Hall–Kier alpha value is -4.89. The van der Waals surface area contributed by atoms with E-state index in [0.717, 1.165) is 36.5 Å². The van der Waals surface area contributed by atoms with Crippen LogP contribution in [0.15, 0.2) is 84.2 Å². The van der Waals surface area contributed by atoms with Gasteiger partial charge in [-0.1, -0.05) is 42.5 Å². The molecule has 4 aromatic rings. The number of hydrogen-bond acceptors (Lipinski definition) is 6. The monoisotopic (exact) mass is 532 g/mol. The fraction of sp³-hybridized carbons (Fsp3) is 0.194. The molecule has 3 aromatic carbocycles. The van der Waals surface area contributed by atoms with Gasteiger partial charge in [-0.25, -0.2) is 4.98 Å². The van der Waals surface area contributed by atoms with Crippen LogP contribution >= 0.6 is 0 Å². The summed E-state index contributed by atoms with van der Waals surface area (Å²) < 4.78 is 0. The number of anilines is 1. The second kappa shape index (κ2) is 11.1. The third-order valence-corrected chi connectivity index (χ3v) is 7.32. The normalized spacial score (nSPS) is 17.4. The second-order valence-corrected chi connectivity index (χ2v) is 10.1. The summed E-state index contributed by atoms with van der Waals surface area (Å²) in [5.74, 6) is -1.03. The molecule has 2 N–H and O–H groups in total. The number of hydrogen-bond donors (Lipinski definition) is 2. The molecule has 0 aliphatic carbocycles. The Labute approximate surface area is 231 Å². The van der Waals surface area contributed by atoms with Crippen LogP contribution in [0.5, 0.6) is 0 Å². The zero-order valence-corrected chi connectivity index (χ0v) is 21.8. The first-order chi connectivity index (χ1) is 19.5. The molecule has 1 aromatic heterocycles. The molecule has 0 bridgehead atoms. The van der Waals surface area contributed by atoms with Gasteiger partial charge in [0.05, 0.1) is 34.5 Å². The molecule has 3 heterocycles. The van der Waals surface area contributed by atoms with Crippen LogP contribution in [0, 0.1) is 10.1 Å². The van der Waals surface area contributed by atoms with Crippen LogP contribution in [0.1, 0.15) is 46.7 Å². The Morgan fingerprint density at radius 2 is 1.82 bits per heavy atom. The molecule has 1 amide bonds. The number of H-pyrrole nitrogens is 1. The van der Waals surface area contributed by atoms with E-state index in [4.69, 9.17) is 4.99 Å². The summed E-state index contributed by atoms with van der Waals surface area (Å²) in [6.07, 6.45) is 9.74. The second-order valence-electron chi connectivity index (χ2n) is 10.1. The minimum Gasteiger partial charge on any atom is -0.345 e. The molecule has 1 saturated heterocycles. The van der Waals surface area contributed by atoms with Gasteiger partial charge in [0.2, 0.25) is 5.91 Å². The number of likely N-dealkylation sites (tertiary alicyclic amines) is 1. The lowest BCUT2D eigenvalue weighted by molar-refractivity contribution is -0.384. The van der Waals surface area contributed by atoms with Crippen LogP contribution in [0.2, 0.25) is 0 Å². The van der Waals surface area contributed by atoms with Crippen molar-refractivity contribution in [2.24, 2.45) is 4.99 Å². The van der Waals surface area contributed by atoms with Gasteiger partial charge in [0.15, 0.2) is 0 Å². The van der Waals surface area contributed by atoms with E-state index < -0.39 is 10.8 Å².